The molecule has 0 saturated carbocycles. The Kier molecular flexibility index (Phi) is 5.98. The summed E-state index contributed by atoms with van der Waals surface area (Å²) >= 11 is 0. The predicted molar refractivity (Wildman–Crippen MR) is 90.0 cm³/mol. The van der Waals surface area contributed by atoms with Gasteiger partial charge < -0.3 is 15.7 Å². The van der Waals surface area contributed by atoms with E-state index in [4.69, 9.17) is 5.11 Å². The van der Waals surface area contributed by atoms with Gasteiger partial charge in [-0.2, -0.15) is 0 Å². The molecular weight excluding hydrogens is 276 g/mol. The summed E-state index contributed by atoms with van der Waals surface area (Å²) in [5.41, 5.74) is 2.97. The smallest absolute Gasteiger partial charge is 0.250 e. The van der Waals surface area contributed by atoms with Crippen molar-refractivity contribution in [1.29, 1.82) is 0 Å². The van der Waals surface area contributed by atoms with Crippen LogP contribution in [0, 0.1) is 0 Å². The first kappa shape index (κ1) is 16.0. The topological polar surface area (TPSA) is 61.4 Å². The van der Waals surface area contributed by atoms with E-state index in [1.54, 1.807) is 6.07 Å². The molecule has 0 radical (unpaired) electrons. The van der Waals surface area contributed by atoms with Gasteiger partial charge in [0, 0.05) is 17.4 Å². The minimum Gasteiger partial charge on any atom is -0.387 e. The quantitative estimate of drug-likeness (QED) is 0.736. The van der Waals surface area contributed by atoms with Crippen molar-refractivity contribution >= 4 is 17.3 Å². The van der Waals surface area contributed by atoms with Crippen LogP contribution in [-0.2, 0) is 11.2 Å². The van der Waals surface area contributed by atoms with Gasteiger partial charge in [0.1, 0.15) is 6.61 Å². The van der Waals surface area contributed by atoms with Crippen molar-refractivity contribution < 1.29 is 9.90 Å². The Morgan fingerprint density at radius 3 is 2.55 bits per heavy atom. The largest absolute Gasteiger partial charge is 0.387 e. The van der Waals surface area contributed by atoms with Crippen molar-refractivity contribution in [1.82, 2.24) is 0 Å². The van der Waals surface area contributed by atoms with Crippen molar-refractivity contribution in [3.05, 3.63) is 60.2 Å². The van der Waals surface area contributed by atoms with Crippen molar-refractivity contribution in [2.45, 2.75) is 25.8 Å². The zero-order valence-electron chi connectivity index (χ0n) is 12.8. The molecule has 4 heteroatoms. The summed E-state index contributed by atoms with van der Waals surface area (Å²) in [5.74, 6) is -0.408. The van der Waals surface area contributed by atoms with Crippen molar-refractivity contribution in [3.8, 4) is 0 Å². The Hall–Kier alpha value is -2.33. The van der Waals surface area contributed by atoms with Gasteiger partial charge in [0.2, 0.25) is 5.91 Å². The maximum Gasteiger partial charge on any atom is 0.250 e. The third kappa shape index (κ3) is 5.22. The molecule has 2 rings (SSSR count). The number of aliphatic hydroxyl groups is 1. The summed E-state index contributed by atoms with van der Waals surface area (Å²) in [6, 6.07) is 18.2. The molecule has 1 atom stereocenters. The van der Waals surface area contributed by atoms with Crippen LogP contribution in [0.25, 0.3) is 0 Å². The Morgan fingerprint density at radius 1 is 1.09 bits per heavy atom. The van der Waals surface area contributed by atoms with E-state index in [1.807, 2.05) is 24.3 Å². The lowest BCUT2D eigenvalue weighted by molar-refractivity contribution is -0.118. The summed E-state index contributed by atoms with van der Waals surface area (Å²) in [6.45, 7) is 1.63. The monoisotopic (exact) mass is 298 g/mol. The molecule has 1 amide bonds. The number of carbonyl (C=O) groups is 1. The minimum absolute atomic E-state index is 0.323. The normalized spacial score (nSPS) is 11.7. The van der Waals surface area contributed by atoms with E-state index >= 15 is 0 Å². The number of benzene rings is 2. The Labute approximate surface area is 131 Å². The van der Waals surface area contributed by atoms with Gasteiger partial charge in [-0.05, 0) is 43.5 Å². The molecule has 2 aromatic rings. The maximum atomic E-state index is 11.2. The summed E-state index contributed by atoms with van der Waals surface area (Å²) in [7, 11) is 0. The molecule has 0 fully saturated rings. The zero-order valence-corrected chi connectivity index (χ0v) is 12.8. The fraction of sp³-hybridized carbons (Fsp3) is 0.278. The first-order valence-corrected chi connectivity index (χ1v) is 7.48. The molecule has 3 N–H and O–H groups in total. The lowest BCUT2D eigenvalue weighted by atomic mass is 10.1. The van der Waals surface area contributed by atoms with Gasteiger partial charge in [0.15, 0.2) is 0 Å². The standard InChI is InChI=1S/C18H22N2O2/c1-14(10-11-15-6-3-2-4-7-15)19-16-8-5-9-17(12-16)20-18(22)13-21/h2-9,12,14,19,21H,10-11,13H2,1H3,(H,20,22)/t14-/m0/s1. The molecule has 116 valence electrons. The number of anilines is 2. The lowest BCUT2D eigenvalue weighted by Gasteiger charge is -2.16. The van der Waals surface area contributed by atoms with E-state index in [0.717, 1.165) is 18.5 Å². The van der Waals surface area contributed by atoms with Gasteiger partial charge in [-0.3, -0.25) is 4.79 Å². The average molecular weight is 298 g/mol. The first-order chi connectivity index (χ1) is 10.7. The fourth-order valence-corrected chi connectivity index (χ4v) is 2.27. The van der Waals surface area contributed by atoms with Crippen LogP contribution in [0.2, 0.25) is 0 Å². The molecule has 0 heterocycles. The van der Waals surface area contributed by atoms with Crippen LogP contribution in [0.15, 0.2) is 54.6 Å². The first-order valence-electron chi connectivity index (χ1n) is 7.48. The van der Waals surface area contributed by atoms with Crippen LogP contribution in [0.4, 0.5) is 11.4 Å². The summed E-state index contributed by atoms with van der Waals surface area (Å²) in [4.78, 5) is 11.2. The van der Waals surface area contributed by atoms with Crippen LogP contribution < -0.4 is 10.6 Å². The molecule has 0 saturated heterocycles. The molecule has 0 bridgehead atoms. The van der Waals surface area contributed by atoms with Crippen molar-refractivity contribution in [2.24, 2.45) is 0 Å². The Morgan fingerprint density at radius 2 is 1.82 bits per heavy atom. The molecule has 0 aromatic heterocycles. The lowest BCUT2D eigenvalue weighted by Crippen LogP contribution is -2.17. The summed E-state index contributed by atoms with van der Waals surface area (Å²) in [6.07, 6.45) is 2.05. The molecule has 0 aliphatic heterocycles. The van der Waals surface area contributed by atoms with Gasteiger partial charge in [0.25, 0.3) is 0 Å². The second-order valence-corrected chi connectivity index (χ2v) is 5.36. The van der Waals surface area contributed by atoms with Crippen molar-refractivity contribution in [2.75, 3.05) is 17.2 Å². The van der Waals surface area contributed by atoms with Crippen LogP contribution in [-0.4, -0.2) is 23.7 Å². The van der Waals surface area contributed by atoms with Crippen LogP contribution in [0.1, 0.15) is 18.9 Å². The van der Waals surface area contributed by atoms with Gasteiger partial charge in [-0.1, -0.05) is 36.4 Å². The van der Waals surface area contributed by atoms with E-state index in [2.05, 4.69) is 41.8 Å². The number of rotatable bonds is 7. The van der Waals surface area contributed by atoms with Gasteiger partial charge >= 0.3 is 0 Å². The SMILES string of the molecule is C[C@@H](CCc1ccccc1)Nc1cccc(NC(=O)CO)c1. The molecule has 22 heavy (non-hydrogen) atoms. The highest BCUT2D eigenvalue weighted by atomic mass is 16.3. The number of aliphatic hydroxyl groups excluding tert-OH is 1. The number of aryl methyl sites for hydroxylation is 1. The average Bonchev–Trinajstić information content (AvgIpc) is 2.54. The van der Waals surface area contributed by atoms with Gasteiger partial charge in [-0.15, -0.1) is 0 Å². The predicted octanol–water partition coefficient (Wildman–Crippen LogP) is 3.05. The molecule has 0 unspecified atom stereocenters. The molecule has 0 spiro atoms. The van der Waals surface area contributed by atoms with E-state index in [9.17, 15) is 4.79 Å². The molecule has 0 aliphatic carbocycles. The van der Waals surface area contributed by atoms with E-state index in [1.165, 1.54) is 5.56 Å². The van der Waals surface area contributed by atoms with E-state index in [-0.39, 0.29) is 0 Å². The van der Waals surface area contributed by atoms with Crippen LogP contribution >= 0.6 is 0 Å². The summed E-state index contributed by atoms with van der Waals surface area (Å²) in [5, 5.41) is 14.8. The Balaban J connectivity index is 1.87. The van der Waals surface area contributed by atoms with Crippen LogP contribution in [0.3, 0.4) is 0 Å². The molecule has 4 nitrogen and oxygen atoms in total. The molecule has 2 aromatic carbocycles. The fourth-order valence-electron chi connectivity index (χ4n) is 2.27. The third-order valence-electron chi connectivity index (χ3n) is 3.41. The number of carbonyl (C=O) groups excluding carboxylic acids is 1. The van der Waals surface area contributed by atoms with Crippen LogP contribution in [0.5, 0.6) is 0 Å². The number of hydrogen-bond donors (Lipinski definition) is 3. The molecular formula is C18H22N2O2. The molecule has 0 aliphatic rings. The van der Waals surface area contributed by atoms with Crippen molar-refractivity contribution in [3.63, 3.8) is 0 Å². The number of amides is 1. The highest BCUT2D eigenvalue weighted by molar-refractivity contribution is 5.91. The third-order valence-corrected chi connectivity index (χ3v) is 3.41. The van der Waals surface area contributed by atoms with Gasteiger partial charge in [-0.25, -0.2) is 0 Å². The second-order valence-electron chi connectivity index (χ2n) is 5.36. The van der Waals surface area contributed by atoms with E-state index in [0.29, 0.717) is 11.7 Å². The minimum atomic E-state index is -0.509. The Bertz CT molecular complexity index is 599. The van der Waals surface area contributed by atoms with Gasteiger partial charge in [0.05, 0.1) is 0 Å². The highest BCUT2D eigenvalue weighted by Crippen LogP contribution is 2.17. The van der Waals surface area contributed by atoms with E-state index < -0.39 is 12.5 Å². The maximum absolute atomic E-state index is 11.2. The zero-order chi connectivity index (χ0) is 15.8. The number of nitrogens with one attached hydrogen (secondary N) is 2. The summed E-state index contributed by atoms with van der Waals surface area (Å²) < 4.78 is 0. The second kappa shape index (κ2) is 8.20. The highest BCUT2D eigenvalue weighted by Gasteiger charge is 2.05. The number of hydrogen-bond acceptors (Lipinski definition) is 3.